The van der Waals surface area contributed by atoms with Crippen molar-refractivity contribution in [3.8, 4) is 16.9 Å². The standard InChI is InChI=1S/C26H25NO5/c1-27(24(25(28)29)15-16-31-18-9-3-2-4-10-18)26(30)32-17-23-21-13-7-5-11-19(21)20-12-6-8-14-22(20)23/h2-14,23-24H,15-17H2,1H3,(H,28,29)/t24-/m0/s1. The molecule has 3 aromatic carbocycles. The first kappa shape index (κ1) is 21.4. The van der Waals surface area contributed by atoms with Gasteiger partial charge in [-0.3, -0.25) is 4.90 Å². The van der Waals surface area contributed by atoms with Gasteiger partial charge >= 0.3 is 12.1 Å². The zero-order valence-corrected chi connectivity index (χ0v) is 17.8. The molecule has 0 heterocycles. The molecule has 1 amide bonds. The van der Waals surface area contributed by atoms with Crippen LogP contribution >= 0.6 is 0 Å². The highest BCUT2D eigenvalue weighted by Gasteiger charge is 2.31. The number of likely N-dealkylation sites (N-methyl/N-ethyl adjacent to an activating group) is 1. The molecule has 1 aliphatic carbocycles. The molecule has 3 aromatic rings. The van der Waals surface area contributed by atoms with Gasteiger partial charge in [-0.15, -0.1) is 0 Å². The van der Waals surface area contributed by atoms with Crippen LogP contribution in [0, 0.1) is 0 Å². The van der Waals surface area contributed by atoms with Crippen molar-refractivity contribution in [2.24, 2.45) is 0 Å². The molecular formula is C26H25NO5. The average Bonchev–Trinajstić information content (AvgIpc) is 3.14. The first-order valence-corrected chi connectivity index (χ1v) is 10.5. The molecule has 0 aromatic heterocycles. The van der Waals surface area contributed by atoms with E-state index in [1.54, 1.807) is 12.1 Å². The third kappa shape index (κ3) is 4.44. The number of para-hydroxylation sites is 1. The maximum Gasteiger partial charge on any atom is 0.410 e. The Hall–Kier alpha value is -3.80. The van der Waals surface area contributed by atoms with Crippen molar-refractivity contribution in [2.75, 3.05) is 20.3 Å². The number of carbonyl (C=O) groups excluding carboxylic acids is 1. The summed E-state index contributed by atoms with van der Waals surface area (Å²) in [4.78, 5) is 25.6. The summed E-state index contributed by atoms with van der Waals surface area (Å²) in [6.45, 7) is 0.312. The van der Waals surface area contributed by atoms with Gasteiger partial charge in [0.25, 0.3) is 0 Å². The molecule has 1 aliphatic rings. The van der Waals surface area contributed by atoms with Gasteiger partial charge in [-0.1, -0.05) is 66.7 Å². The van der Waals surface area contributed by atoms with Crippen LogP contribution in [0.1, 0.15) is 23.5 Å². The lowest BCUT2D eigenvalue weighted by molar-refractivity contribution is -0.142. The summed E-state index contributed by atoms with van der Waals surface area (Å²) in [6.07, 6.45) is -0.524. The number of carbonyl (C=O) groups is 2. The van der Waals surface area contributed by atoms with E-state index in [0.29, 0.717) is 5.75 Å². The highest BCUT2D eigenvalue weighted by molar-refractivity contribution is 5.81. The third-order valence-electron chi connectivity index (χ3n) is 5.78. The van der Waals surface area contributed by atoms with Gasteiger partial charge in [0, 0.05) is 19.4 Å². The molecule has 0 radical (unpaired) electrons. The Labute approximate surface area is 187 Å². The molecule has 1 atom stereocenters. The van der Waals surface area contributed by atoms with E-state index in [0.717, 1.165) is 27.2 Å². The fourth-order valence-corrected chi connectivity index (χ4v) is 4.11. The van der Waals surface area contributed by atoms with E-state index in [4.69, 9.17) is 9.47 Å². The normalized spacial score (nSPS) is 13.0. The number of carboxylic acids is 1. The number of aliphatic carboxylic acids is 1. The van der Waals surface area contributed by atoms with Gasteiger partial charge in [0.15, 0.2) is 0 Å². The van der Waals surface area contributed by atoms with E-state index in [1.807, 2.05) is 54.6 Å². The molecule has 4 rings (SSSR count). The van der Waals surface area contributed by atoms with Crippen LogP contribution in [-0.2, 0) is 9.53 Å². The quantitative estimate of drug-likeness (QED) is 0.555. The molecule has 0 aliphatic heterocycles. The number of carboxylic acid groups (broad SMARTS) is 1. The number of benzene rings is 3. The second-order valence-electron chi connectivity index (χ2n) is 7.72. The van der Waals surface area contributed by atoms with E-state index >= 15 is 0 Å². The Morgan fingerprint density at radius 3 is 2.06 bits per heavy atom. The van der Waals surface area contributed by atoms with E-state index in [1.165, 1.54) is 7.05 Å². The Bertz CT molecular complexity index is 1050. The van der Waals surface area contributed by atoms with Gasteiger partial charge in [0.2, 0.25) is 0 Å². The van der Waals surface area contributed by atoms with Crippen LogP contribution in [0.15, 0.2) is 78.9 Å². The SMILES string of the molecule is CN(C(=O)OCC1c2ccccc2-c2ccccc21)[C@@H](CCOc1ccccc1)C(=O)O. The number of rotatable bonds is 8. The first-order chi connectivity index (χ1) is 15.6. The molecule has 32 heavy (non-hydrogen) atoms. The molecule has 0 saturated carbocycles. The van der Waals surface area contributed by atoms with Gasteiger partial charge < -0.3 is 14.6 Å². The van der Waals surface area contributed by atoms with Crippen LogP contribution < -0.4 is 4.74 Å². The number of nitrogens with zero attached hydrogens (tertiary/aromatic N) is 1. The maximum atomic E-state index is 12.7. The van der Waals surface area contributed by atoms with Crippen molar-refractivity contribution >= 4 is 12.1 Å². The Morgan fingerprint density at radius 1 is 0.906 bits per heavy atom. The van der Waals surface area contributed by atoms with E-state index < -0.39 is 18.1 Å². The van der Waals surface area contributed by atoms with Gasteiger partial charge in [-0.25, -0.2) is 9.59 Å². The van der Waals surface area contributed by atoms with Crippen molar-refractivity contribution in [1.29, 1.82) is 0 Å². The van der Waals surface area contributed by atoms with Gasteiger partial charge in [0.05, 0.1) is 6.61 Å². The first-order valence-electron chi connectivity index (χ1n) is 10.5. The Balaban J connectivity index is 1.39. The second kappa shape index (κ2) is 9.56. The Kier molecular flexibility index (Phi) is 6.40. The number of hydrogen-bond donors (Lipinski definition) is 1. The average molecular weight is 431 g/mol. The van der Waals surface area contributed by atoms with E-state index in [9.17, 15) is 14.7 Å². The summed E-state index contributed by atoms with van der Waals surface area (Å²) in [7, 11) is 1.44. The molecule has 0 unspecified atom stereocenters. The number of hydrogen-bond acceptors (Lipinski definition) is 4. The Morgan fingerprint density at radius 2 is 1.47 bits per heavy atom. The lowest BCUT2D eigenvalue weighted by atomic mass is 9.98. The summed E-state index contributed by atoms with van der Waals surface area (Å²) < 4.78 is 11.2. The van der Waals surface area contributed by atoms with Crippen LogP contribution in [0.25, 0.3) is 11.1 Å². The van der Waals surface area contributed by atoms with Crippen LogP contribution in [-0.4, -0.2) is 48.4 Å². The lowest BCUT2D eigenvalue weighted by Crippen LogP contribution is -2.43. The molecule has 0 spiro atoms. The topological polar surface area (TPSA) is 76.1 Å². The summed E-state index contributed by atoms with van der Waals surface area (Å²) in [5.74, 6) is -0.525. The predicted molar refractivity (Wildman–Crippen MR) is 121 cm³/mol. The largest absolute Gasteiger partial charge is 0.494 e. The lowest BCUT2D eigenvalue weighted by Gasteiger charge is -2.25. The van der Waals surface area contributed by atoms with Crippen LogP contribution in [0.2, 0.25) is 0 Å². The van der Waals surface area contributed by atoms with Crippen molar-refractivity contribution in [3.05, 3.63) is 90.0 Å². The molecule has 6 nitrogen and oxygen atoms in total. The van der Waals surface area contributed by atoms with Crippen molar-refractivity contribution in [3.63, 3.8) is 0 Å². The zero-order valence-electron chi connectivity index (χ0n) is 17.8. The molecule has 6 heteroatoms. The van der Waals surface area contributed by atoms with Crippen molar-refractivity contribution in [1.82, 2.24) is 4.90 Å². The summed E-state index contributed by atoms with van der Waals surface area (Å²) in [5.41, 5.74) is 4.49. The fourth-order valence-electron chi connectivity index (χ4n) is 4.11. The molecule has 0 fully saturated rings. The number of ether oxygens (including phenoxy) is 2. The van der Waals surface area contributed by atoms with Gasteiger partial charge in [0.1, 0.15) is 18.4 Å². The third-order valence-corrected chi connectivity index (χ3v) is 5.78. The van der Waals surface area contributed by atoms with E-state index in [-0.39, 0.29) is 25.6 Å². The monoisotopic (exact) mass is 431 g/mol. The molecule has 1 N–H and O–H groups in total. The van der Waals surface area contributed by atoms with E-state index in [2.05, 4.69) is 12.1 Å². The minimum Gasteiger partial charge on any atom is -0.494 e. The van der Waals surface area contributed by atoms with Crippen LogP contribution in [0.4, 0.5) is 4.79 Å². The fraction of sp³-hybridized carbons (Fsp3) is 0.231. The smallest absolute Gasteiger partial charge is 0.410 e. The van der Waals surface area contributed by atoms with Crippen molar-refractivity contribution in [2.45, 2.75) is 18.4 Å². The number of amides is 1. The summed E-state index contributed by atoms with van der Waals surface area (Å²) in [5, 5.41) is 9.62. The molecule has 0 saturated heterocycles. The highest BCUT2D eigenvalue weighted by Crippen LogP contribution is 2.44. The summed E-state index contributed by atoms with van der Waals surface area (Å²) >= 11 is 0. The van der Waals surface area contributed by atoms with Gasteiger partial charge in [-0.05, 0) is 34.4 Å². The second-order valence-corrected chi connectivity index (χ2v) is 7.72. The minimum atomic E-state index is -1.10. The molecule has 0 bridgehead atoms. The van der Waals surface area contributed by atoms with Crippen LogP contribution in [0.5, 0.6) is 5.75 Å². The summed E-state index contributed by atoms with van der Waals surface area (Å²) in [6, 6.07) is 24.2. The maximum absolute atomic E-state index is 12.7. The predicted octanol–water partition coefficient (Wildman–Crippen LogP) is 4.79. The molecular weight excluding hydrogens is 406 g/mol. The van der Waals surface area contributed by atoms with Crippen molar-refractivity contribution < 1.29 is 24.2 Å². The van der Waals surface area contributed by atoms with Gasteiger partial charge in [-0.2, -0.15) is 0 Å². The highest BCUT2D eigenvalue weighted by atomic mass is 16.6. The van der Waals surface area contributed by atoms with Crippen LogP contribution in [0.3, 0.4) is 0 Å². The zero-order chi connectivity index (χ0) is 22.5. The molecule has 164 valence electrons. The minimum absolute atomic E-state index is 0.0792. The number of fused-ring (bicyclic) bond motifs is 3.